The van der Waals surface area contributed by atoms with Crippen LogP contribution in [0.1, 0.15) is 49.2 Å². The van der Waals surface area contributed by atoms with Crippen molar-refractivity contribution in [3.8, 4) is 0 Å². The molecule has 200 valence electrons. The number of carboxylic acid groups (broad SMARTS) is 1. The molecule has 0 aliphatic carbocycles. The van der Waals surface area contributed by atoms with Crippen LogP contribution in [0.2, 0.25) is 4.34 Å². The number of benzene rings is 2. The van der Waals surface area contributed by atoms with Crippen LogP contribution < -0.4 is 4.72 Å². The summed E-state index contributed by atoms with van der Waals surface area (Å²) in [7, 11) is -3.99. The molecule has 0 saturated carbocycles. The summed E-state index contributed by atoms with van der Waals surface area (Å²) in [5, 5.41) is 14.6. The molecule has 38 heavy (non-hydrogen) atoms. The van der Waals surface area contributed by atoms with Crippen LogP contribution in [-0.4, -0.2) is 45.6 Å². The first-order chi connectivity index (χ1) is 17.8. The zero-order valence-electron chi connectivity index (χ0n) is 21.2. The molecule has 0 saturated heterocycles. The number of amides is 1. The lowest BCUT2D eigenvalue weighted by molar-refractivity contribution is 0.0954. The van der Waals surface area contributed by atoms with Gasteiger partial charge in [0.1, 0.15) is 4.21 Å². The second kappa shape index (κ2) is 10.4. The second-order valence-electron chi connectivity index (χ2n) is 9.79. The molecule has 0 atom stereocenters. The zero-order chi connectivity index (χ0) is 27.8. The van der Waals surface area contributed by atoms with Crippen molar-refractivity contribution in [2.75, 3.05) is 4.72 Å². The molecule has 0 aliphatic rings. The number of anilines is 1. The number of rotatable bonds is 8. The molecule has 9 nitrogen and oxygen atoms in total. The van der Waals surface area contributed by atoms with Crippen molar-refractivity contribution in [2.45, 2.75) is 50.5 Å². The Balaban J connectivity index is 1.74. The van der Waals surface area contributed by atoms with Crippen LogP contribution in [0.3, 0.4) is 0 Å². The van der Waals surface area contributed by atoms with E-state index in [0.717, 1.165) is 22.5 Å². The third-order valence-electron chi connectivity index (χ3n) is 5.91. The van der Waals surface area contributed by atoms with Crippen molar-refractivity contribution in [2.24, 2.45) is 0 Å². The SMILES string of the molecule is CC(=O)c1cccc2c1c(NS(=O)(=O)c1ccc(Cl)s1)nn2Cc1cccc(CN(C(=O)O)C(C)(C)C)c1. The lowest BCUT2D eigenvalue weighted by Gasteiger charge is -2.33. The molecule has 0 spiro atoms. The number of carbonyl (C=O) groups excluding carboxylic acids is 1. The van der Waals surface area contributed by atoms with Gasteiger partial charge in [0, 0.05) is 17.6 Å². The predicted molar refractivity (Wildman–Crippen MR) is 149 cm³/mol. The molecule has 0 fully saturated rings. The molecule has 4 aromatic rings. The number of aromatic nitrogens is 2. The van der Waals surface area contributed by atoms with E-state index >= 15 is 0 Å². The number of ketones is 1. The van der Waals surface area contributed by atoms with Crippen LogP contribution in [0.4, 0.5) is 10.6 Å². The van der Waals surface area contributed by atoms with E-state index in [-0.39, 0.29) is 28.9 Å². The Morgan fingerprint density at radius 3 is 2.39 bits per heavy atom. The van der Waals surface area contributed by atoms with Gasteiger partial charge in [-0.1, -0.05) is 48.0 Å². The maximum atomic E-state index is 13.0. The molecule has 1 amide bonds. The van der Waals surface area contributed by atoms with E-state index in [0.29, 0.717) is 20.8 Å². The van der Waals surface area contributed by atoms with E-state index in [4.69, 9.17) is 11.6 Å². The monoisotopic (exact) mass is 574 g/mol. The number of halogens is 1. The Bertz CT molecular complexity index is 1640. The van der Waals surface area contributed by atoms with Gasteiger partial charge in [0.15, 0.2) is 11.6 Å². The minimum absolute atomic E-state index is 0.0278. The highest BCUT2D eigenvalue weighted by atomic mass is 35.5. The first-order valence-corrected chi connectivity index (χ1v) is 14.3. The maximum Gasteiger partial charge on any atom is 0.408 e. The predicted octanol–water partition coefficient (Wildman–Crippen LogP) is 6.08. The number of fused-ring (bicyclic) bond motifs is 1. The summed E-state index contributed by atoms with van der Waals surface area (Å²) in [6.45, 7) is 7.38. The molecule has 2 N–H and O–H groups in total. The van der Waals surface area contributed by atoms with Crippen LogP contribution >= 0.6 is 22.9 Å². The number of carbonyl (C=O) groups is 2. The van der Waals surface area contributed by atoms with Crippen LogP contribution in [-0.2, 0) is 23.1 Å². The van der Waals surface area contributed by atoms with E-state index in [1.165, 1.54) is 24.0 Å². The molecule has 2 heterocycles. The van der Waals surface area contributed by atoms with Gasteiger partial charge in [-0.2, -0.15) is 5.10 Å². The van der Waals surface area contributed by atoms with E-state index in [2.05, 4.69) is 9.82 Å². The van der Waals surface area contributed by atoms with Crippen molar-refractivity contribution in [3.05, 3.63) is 75.6 Å². The van der Waals surface area contributed by atoms with Crippen LogP contribution in [0.25, 0.3) is 10.9 Å². The van der Waals surface area contributed by atoms with E-state index < -0.39 is 21.7 Å². The van der Waals surface area contributed by atoms with Crippen molar-refractivity contribution >= 4 is 61.6 Å². The molecule has 2 aromatic heterocycles. The summed E-state index contributed by atoms with van der Waals surface area (Å²) in [5.74, 6) is -0.191. The number of hydrogen-bond acceptors (Lipinski definition) is 6. The Labute approximate surface area is 229 Å². The molecular formula is C26H27ClN4O5S2. The quantitative estimate of drug-likeness (QED) is 0.246. The number of Topliss-reactive ketones (excluding diaryl/α,β-unsaturated/α-hetero) is 1. The minimum atomic E-state index is -3.99. The third-order valence-corrected chi connectivity index (χ3v) is 8.97. The van der Waals surface area contributed by atoms with Crippen molar-refractivity contribution in [3.63, 3.8) is 0 Å². The van der Waals surface area contributed by atoms with Gasteiger partial charge in [-0.25, -0.2) is 13.2 Å². The van der Waals surface area contributed by atoms with Gasteiger partial charge in [-0.05, 0) is 57.0 Å². The number of hydrogen-bond donors (Lipinski definition) is 2. The topological polar surface area (TPSA) is 122 Å². The van der Waals surface area contributed by atoms with Crippen LogP contribution in [0, 0.1) is 0 Å². The van der Waals surface area contributed by atoms with Gasteiger partial charge in [-0.15, -0.1) is 11.3 Å². The summed E-state index contributed by atoms with van der Waals surface area (Å²) in [6, 6.07) is 15.5. The highest BCUT2D eigenvalue weighted by Gasteiger charge is 2.26. The molecule has 12 heteroatoms. The fraction of sp³-hybridized carbons (Fsp3) is 0.269. The second-order valence-corrected chi connectivity index (χ2v) is 13.4. The Kier molecular flexibility index (Phi) is 7.55. The highest BCUT2D eigenvalue weighted by molar-refractivity contribution is 7.94. The fourth-order valence-electron chi connectivity index (χ4n) is 4.11. The van der Waals surface area contributed by atoms with Gasteiger partial charge in [-0.3, -0.25) is 19.1 Å². The summed E-state index contributed by atoms with van der Waals surface area (Å²) in [5.41, 5.74) is 1.97. The Morgan fingerprint density at radius 2 is 1.79 bits per heavy atom. The van der Waals surface area contributed by atoms with Crippen molar-refractivity contribution in [1.29, 1.82) is 0 Å². The van der Waals surface area contributed by atoms with Crippen molar-refractivity contribution < 1.29 is 23.1 Å². The Morgan fingerprint density at radius 1 is 1.11 bits per heavy atom. The summed E-state index contributed by atoms with van der Waals surface area (Å²) >= 11 is 6.86. The zero-order valence-corrected chi connectivity index (χ0v) is 23.6. The van der Waals surface area contributed by atoms with Gasteiger partial charge in [0.25, 0.3) is 10.0 Å². The first kappa shape index (κ1) is 27.6. The van der Waals surface area contributed by atoms with Crippen LogP contribution in [0.5, 0.6) is 0 Å². The standard InChI is InChI=1S/C26H27ClN4O5S2/c1-16(32)19-9-6-10-20-23(19)24(29-38(35,36)22-12-11-21(27)37-22)28-31(20)15-18-8-5-7-17(13-18)14-30(25(33)34)26(2,3)4/h5-13H,14-15H2,1-4H3,(H,28,29)(H,33,34). The highest BCUT2D eigenvalue weighted by Crippen LogP contribution is 2.32. The number of sulfonamides is 1. The minimum Gasteiger partial charge on any atom is -0.465 e. The Hall–Kier alpha value is -3.41. The van der Waals surface area contributed by atoms with Gasteiger partial charge in [0.05, 0.1) is 21.8 Å². The average molecular weight is 575 g/mol. The van der Waals surface area contributed by atoms with E-state index in [9.17, 15) is 23.1 Å². The molecule has 2 aromatic carbocycles. The summed E-state index contributed by atoms with van der Waals surface area (Å²) in [6.07, 6.45) is -1.01. The number of thiophene rings is 1. The van der Waals surface area contributed by atoms with E-state index in [1.807, 2.05) is 45.0 Å². The fourth-order valence-corrected chi connectivity index (χ4v) is 6.60. The third kappa shape index (κ3) is 5.85. The summed E-state index contributed by atoms with van der Waals surface area (Å²) < 4.78 is 30.6. The van der Waals surface area contributed by atoms with Gasteiger partial charge >= 0.3 is 6.09 Å². The lowest BCUT2D eigenvalue weighted by atomic mass is 10.0. The van der Waals surface area contributed by atoms with Gasteiger partial charge in [0.2, 0.25) is 0 Å². The molecular weight excluding hydrogens is 548 g/mol. The average Bonchev–Trinajstić information content (AvgIpc) is 3.41. The molecule has 0 aliphatic heterocycles. The number of nitrogens with one attached hydrogen (secondary N) is 1. The maximum absolute atomic E-state index is 13.0. The smallest absolute Gasteiger partial charge is 0.408 e. The van der Waals surface area contributed by atoms with Crippen LogP contribution in [0.15, 0.2) is 58.8 Å². The normalized spacial score (nSPS) is 12.0. The van der Waals surface area contributed by atoms with Crippen molar-refractivity contribution in [1.82, 2.24) is 14.7 Å². The molecule has 0 radical (unpaired) electrons. The molecule has 0 bridgehead atoms. The molecule has 4 rings (SSSR count). The first-order valence-electron chi connectivity index (χ1n) is 11.6. The summed E-state index contributed by atoms with van der Waals surface area (Å²) in [4.78, 5) is 25.6. The largest absolute Gasteiger partial charge is 0.465 e. The lowest BCUT2D eigenvalue weighted by Crippen LogP contribution is -2.44. The number of nitrogens with zero attached hydrogens (tertiary/aromatic N) is 3. The van der Waals surface area contributed by atoms with Gasteiger partial charge < -0.3 is 5.11 Å². The van der Waals surface area contributed by atoms with E-state index in [1.54, 1.807) is 22.9 Å². The molecule has 0 unspecified atom stereocenters.